The fourth-order valence-electron chi connectivity index (χ4n) is 4.85. The Morgan fingerprint density at radius 1 is 0.769 bits per heavy atom. The summed E-state index contributed by atoms with van der Waals surface area (Å²) < 4.78 is 23.1. The minimum Gasteiger partial charge on any atom is -0.463 e. The second kappa shape index (κ2) is 23.9. The van der Waals surface area contributed by atoms with Crippen molar-refractivity contribution in [3.63, 3.8) is 0 Å². The molecule has 232 valence electrons. The molecule has 0 aliphatic heterocycles. The Bertz CT molecular complexity index is 664. The summed E-state index contributed by atoms with van der Waals surface area (Å²) in [6.07, 6.45) is 25.7. The van der Waals surface area contributed by atoms with Crippen LogP contribution in [0.3, 0.4) is 0 Å². The smallest absolute Gasteiger partial charge is 0.385 e. The molecule has 0 saturated heterocycles. The molecule has 7 nitrogen and oxygen atoms in total. The third-order valence-corrected chi connectivity index (χ3v) is 9.50. The first kappa shape index (κ1) is 38.3. The predicted molar refractivity (Wildman–Crippen MR) is 163 cm³/mol. The summed E-state index contributed by atoms with van der Waals surface area (Å²) in [6.45, 7) is 3.53. The van der Waals surface area contributed by atoms with Gasteiger partial charge < -0.3 is 23.7 Å². The Labute approximate surface area is 240 Å². The van der Waals surface area contributed by atoms with Crippen molar-refractivity contribution in [2.24, 2.45) is 0 Å². The summed E-state index contributed by atoms with van der Waals surface area (Å²) in [5.74, 6) is -0.931. The standard InChI is InChI=1S/C31H62NO6P/c1-6-8-9-10-11-12-13-14-15-16-17-18-19-20-21-22-23-24-25-26-31(34)37-27-29(33)28-38-39(35,36)30(7-2)32(3,4)5/h14-15,29-30,33H,6-13,16-28H2,1-5H3/p+1/b15-14-/t29-,30?/m1/s1. The van der Waals surface area contributed by atoms with Crippen LogP contribution in [0.25, 0.3) is 0 Å². The fourth-order valence-corrected chi connectivity index (χ4v) is 6.75. The average molecular weight is 577 g/mol. The highest BCUT2D eigenvalue weighted by Crippen LogP contribution is 2.51. The van der Waals surface area contributed by atoms with Crippen LogP contribution in [0.5, 0.6) is 0 Å². The van der Waals surface area contributed by atoms with Gasteiger partial charge >= 0.3 is 13.6 Å². The number of nitrogens with zero attached hydrogens (tertiary/aromatic N) is 1. The number of aliphatic hydroxyl groups excluding tert-OH is 1. The lowest BCUT2D eigenvalue weighted by molar-refractivity contribution is -0.883. The van der Waals surface area contributed by atoms with E-state index in [1.807, 2.05) is 28.1 Å². The number of carbonyl (C=O) groups excluding carboxylic acids is 1. The van der Waals surface area contributed by atoms with Crippen molar-refractivity contribution < 1.29 is 33.1 Å². The summed E-state index contributed by atoms with van der Waals surface area (Å²) in [7, 11) is 1.59. The van der Waals surface area contributed by atoms with Gasteiger partial charge in [0, 0.05) is 12.8 Å². The van der Waals surface area contributed by atoms with Crippen LogP contribution in [0.15, 0.2) is 12.2 Å². The number of aliphatic hydroxyl groups is 1. The number of hydrogen-bond acceptors (Lipinski definition) is 5. The molecular weight excluding hydrogens is 513 g/mol. The molecule has 3 atom stereocenters. The van der Waals surface area contributed by atoms with Crippen molar-refractivity contribution in [2.45, 2.75) is 148 Å². The summed E-state index contributed by atoms with van der Waals surface area (Å²) in [5.41, 5.74) is 0. The van der Waals surface area contributed by atoms with Gasteiger partial charge in [0.25, 0.3) is 0 Å². The first-order chi connectivity index (χ1) is 18.5. The third-order valence-electron chi connectivity index (χ3n) is 7.17. The van der Waals surface area contributed by atoms with E-state index in [0.717, 1.165) is 19.3 Å². The summed E-state index contributed by atoms with van der Waals surface area (Å²) in [6, 6.07) is 0. The Morgan fingerprint density at radius 3 is 1.69 bits per heavy atom. The molecule has 0 heterocycles. The number of hydrogen-bond donors (Lipinski definition) is 2. The van der Waals surface area contributed by atoms with E-state index in [-0.39, 0.29) is 23.7 Å². The first-order valence-corrected chi connectivity index (χ1v) is 17.5. The van der Waals surface area contributed by atoms with Crippen LogP contribution < -0.4 is 0 Å². The number of esters is 1. The Balaban J connectivity index is 3.60. The van der Waals surface area contributed by atoms with Crippen LogP contribution in [0, 0.1) is 0 Å². The zero-order chi connectivity index (χ0) is 29.4. The zero-order valence-corrected chi connectivity index (χ0v) is 27.0. The van der Waals surface area contributed by atoms with Gasteiger partial charge in [-0.3, -0.25) is 9.36 Å². The first-order valence-electron chi connectivity index (χ1n) is 15.8. The van der Waals surface area contributed by atoms with Crippen LogP contribution in [-0.4, -0.2) is 66.7 Å². The van der Waals surface area contributed by atoms with Gasteiger partial charge in [0.15, 0.2) is 5.78 Å². The second-order valence-corrected chi connectivity index (χ2v) is 13.9. The molecule has 0 bridgehead atoms. The monoisotopic (exact) mass is 576 g/mol. The molecule has 0 aliphatic carbocycles. The second-order valence-electron chi connectivity index (χ2n) is 12.0. The SMILES string of the molecule is CCCCCCCC/C=C\CCCCCCCCCCCC(=O)OC[C@@H](O)COP(=O)(O)C(CC)[N+](C)(C)C. The number of ether oxygens (including phenoxy) is 1. The quantitative estimate of drug-likeness (QED) is 0.0337. The molecule has 8 heteroatoms. The zero-order valence-electron chi connectivity index (χ0n) is 26.1. The molecule has 0 radical (unpaired) electrons. The van der Waals surface area contributed by atoms with E-state index in [1.54, 1.807) is 0 Å². The Hall–Kier alpha value is -0.720. The van der Waals surface area contributed by atoms with Crippen molar-refractivity contribution >= 4 is 13.6 Å². The molecule has 0 rings (SSSR count). The van der Waals surface area contributed by atoms with E-state index in [1.165, 1.54) is 89.9 Å². The molecule has 2 unspecified atom stereocenters. The van der Waals surface area contributed by atoms with E-state index in [4.69, 9.17) is 9.26 Å². The van der Waals surface area contributed by atoms with Gasteiger partial charge in [-0.05, 0) is 32.1 Å². The number of rotatable bonds is 27. The number of quaternary nitrogens is 1. The van der Waals surface area contributed by atoms with E-state index in [9.17, 15) is 19.4 Å². The Kier molecular flexibility index (Phi) is 23.5. The van der Waals surface area contributed by atoms with Crippen LogP contribution in [0.1, 0.15) is 136 Å². The lowest BCUT2D eigenvalue weighted by Gasteiger charge is -2.35. The molecule has 0 spiro atoms. The Morgan fingerprint density at radius 2 is 1.23 bits per heavy atom. The molecule has 0 aromatic rings. The average Bonchev–Trinajstić information content (AvgIpc) is 2.87. The lowest BCUT2D eigenvalue weighted by atomic mass is 10.1. The highest BCUT2D eigenvalue weighted by atomic mass is 31.2. The van der Waals surface area contributed by atoms with Crippen LogP contribution >= 0.6 is 7.60 Å². The summed E-state index contributed by atoms with van der Waals surface area (Å²) in [4.78, 5) is 22.2. The van der Waals surface area contributed by atoms with Crippen LogP contribution in [0.2, 0.25) is 0 Å². The molecule has 0 aliphatic rings. The highest BCUT2D eigenvalue weighted by Gasteiger charge is 2.41. The van der Waals surface area contributed by atoms with E-state index < -0.39 is 19.5 Å². The number of unbranched alkanes of at least 4 members (excludes halogenated alkanes) is 15. The minimum absolute atomic E-state index is 0.227. The van der Waals surface area contributed by atoms with Gasteiger partial charge in [-0.25, -0.2) is 0 Å². The molecule has 39 heavy (non-hydrogen) atoms. The van der Waals surface area contributed by atoms with E-state index in [2.05, 4.69) is 19.1 Å². The topological polar surface area (TPSA) is 93.1 Å². The molecule has 0 amide bonds. The van der Waals surface area contributed by atoms with Gasteiger partial charge in [0.2, 0.25) is 0 Å². The van der Waals surface area contributed by atoms with Gasteiger partial charge in [-0.2, -0.15) is 0 Å². The maximum atomic E-state index is 12.5. The molecule has 0 fully saturated rings. The van der Waals surface area contributed by atoms with Gasteiger partial charge in [0.1, 0.15) is 12.7 Å². The van der Waals surface area contributed by atoms with E-state index in [0.29, 0.717) is 12.8 Å². The van der Waals surface area contributed by atoms with Crippen molar-refractivity contribution in [1.29, 1.82) is 0 Å². The minimum atomic E-state index is -3.91. The molecule has 0 saturated carbocycles. The fraction of sp³-hybridized carbons (Fsp3) is 0.903. The largest absolute Gasteiger partial charge is 0.463 e. The van der Waals surface area contributed by atoms with Gasteiger partial charge in [-0.15, -0.1) is 0 Å². The summed E-state index contributed by atoms with van der Waals surface area (Å²) >= 11 is 0. The van der Waals surface area contributed by atoms with Crippen LogP contribution in [0.4, 0.5) is 0 Å². The van der Waals surface area contributed by atoms with Crippen molar-refractivity contribution in [3.8, 4) is 0 Å². The highest BCUT2D eigenvalue weighted by molar-refractivity contribution is 7.53. The van der Waals surface area contributed by atoms with Crippen molar-refractivity contribution in [1.82, 2.24) is 0 Å². The normalized spacial score (nSPS) is 15.4. The number of carbonyl (C=O) groups is 1. The third kappa shape index (κ3) is 22.6. The van der Waals surface area contributed by atoms with Crippen molar-refractivity contribution in [3.05, 3.63) is 12.2 Å². The number of allylic oxidation sites excluding steroid dienone is 2. The van der Waals surface area contributed by atoms with Crippen molar-refractivity contribution in [2.75, 3.05) is 34.4 Å². The van der Waals surface area contributed by atoms with E-state index >= 15 is 0 Å². The molecule has 0 aromatic heterocycles. The molecule has 2 N–H and O–H groups in total. The molecule has 0 aromatic carbocycles. The molecular formula is C31H63NO6P+. The summed E-state index contributed by atoms with van der Waals surface area (Å²) in [5, 5.41) is 10.0. The maximum Gasteiger partial charge on any atom is 0.385 e. The van der Waals surface area contributed by atoms with Gasteiger partial charge in [0.05, 0.1) is 27.7 Å². The maximum absolute atomic E-state index is 12.5. The lowest BCUT2D eigenvalue weighted by Crippen LogP contribution is -2.45. The van der Waals surface area contributed by atoms with Crippen LogP contribution in [-0.2, 0) is 18.6 Å². The predicted octanol–water partition coefficient (Wildman–Crippen LogP) is 8.13. The van der Waals surface area contributed by atoms with Gasteiger partial charge in [-0.1, -0.05) is 103 Å².